The van der Waals surface area contributed by atoms with Crippen LogP contribution in [0.25, 0.3) is 0 Å². The molecule has 1 nitrogen and oxygen atoms in total. The quantitative estimate of drug-likeness (QED) is 0.636. The van der Waals surface area contributed by atoms with Gasteiger partial charge in [-0.1, -0.05) is 58.8 Å². The largest absolute Gasteiger partial charge is 0.493 e. The zero-order valence-electron chi connectivity index (χ0n) is 12.0. The second kappa shape index (κ2) is 10.2. The molecule has 1 saturated heterocycles. The maximum atomic E-state index is 5.31. The average Bonchev–Trinajstić information content (AvgIpc) is 3.13. The van der Waals surface area contributed by atoms with Gasteiger partial charge in [-0.15, -0.1) is 0 Å². The number of allylic oxidation sites excluding steroid dienone is 4. The summed E-state index contributed by atoms with van der Waals surface area (Å²) >= 11 is 0. The summed E-state index contributed by atoms with van der Waals surface area (Å²) in [6, 6.07) is 0. The number of hydrogen-bond donors (Lipinski definition) is 0. The monoisotopic (exact) mass is 236 g/mol. The van der Waals surface area contributed by atoms with Crippen LogP contribution in [0.5, 0.6) is 0 Å². The third kappa shape index (κ3) is 7.04. The van der Waals surface area contributed by atoms with Gasteiger partial charge in [0, 0.05) is 6.42 Å². The van der Waals surface area contributed by atoms with Crippen molar-refractivity contribution in [2.75, 3.05) is 6.61 Å². The van der Waals surface area contributed by atoms with E-state index in [1.807, 2.05) is 32.9 Å². The highest BCUT2D eigenvalue weighted by atomic mass is 16.5. The Labute approximate surface area is 107 Å². The van der Waals surface area contributed by atoms with Crippen LogP contribution in [-0.4, -0.2) is 6.61 Å². The predicted molar refractivity (Wildman–Crippen MR) is 77.0 cm³/mol. The lowest BCUT2D eigenvalue weighted by Crippen LogP contribution is -1.78. The van der Waals surface area contributed by atoms with Crippen LogP contribution in [-0.2, 0) is 4.74 Å². The number of rotatable bonds is 2. The lowest BCUT2D eigenvalue weighted by Gasteiger charge is -1.95. The van der Waals surface area contributed by atoms with Gasteiger partial charge in [0.25, 0.3) is 0 Å². The summed E-state index contributed by atoms with van der Waals surface area (Å²) in [6.45, 7) is 12.7. The van der Waals surface area contributed by atoms with Gasteiger partial charge in [-0.3, -0.25) is 0 Å². The van der Waals surface area contributed by atoms with Gasteiger partial charge in [-0.2, -0.15) is 0 Å². The van der Waals surface area contributed by atoms with Gasteiger partial charge in [0.05, 0.1) is 6.61 Å². The maximum absolute atomic E-state index is 5.31. The molecule has 2 rings (SSSR count). The molecule has 0 aromatic rings. The first kappa shape index (κ1) is 16.0. The molecular weight excluding hydrogens is 208 g/mol. The lowest BCUT2D eigenvalue weighted by molar-refractivity contribution is 0.265. The predicted octanol–water partition coefficient (Wildman–Crippen LogP) is 5.26. The van der Waals surface area contributed by atoms with E-state index in [1.54, 1.807) is 6.08 Å². The minimum absolute atomic E-state index is 0.819. The van der Waals surface area contributed by atoms with Crippen molar-refractivity contribution in [1.82, 2.24) is 0 Å². The second-order valence-corrected chi connectivity index (χ2v) is 4.03. The van der Waals surface area contributed by atoms with E-state index in [9.17, 15) is 0 Å². The molecule has 0 bridgehead atoms. The molecule has 98 valence electrons. The summed E-state index contributed by atoms with van der Waals surface area (Å²) in [5.74, 6) is 2.15. The fourth-order valence-corrected chi connectivity index (χ4v) is 1.59. The van der Waals surface area contributed by atoms with Gasteiger partial charge < -0.3 is 4.74 Å². The van der Waals surface area contributed by atoms with Gasteiger partial charge in [-0.25, -0.2) is 0 Å². The summed E-state index contributed by atoms with van der Waals surface area (Å²) in [6.07, 6.45) is 11.2. The molecule has 1 aliphatic heterocycles. The van der Waals surface area contributed by atoms with E-state index in [1.165, 1.54) is 24.8 Å². The maximum Gasteiger partial charge on any atom is 0.118 e. The van der Waals surface area contributed by atoms with Gasteiger partial charge in [-0.05, 0) is 24.5 Å². The fraction of sp³-hybridized carbons (Fsp3) is 0.625. The Morgan fingerprint density at radius 3 is 2.35 bits per heavy atom. The second-order valence-electron chi connectivity index (χ2n) is 4.03. The minimum Gasteiger partial charge on any atom is -0.493 e. The molecular formula is C16H28O. The zero-order chi connectivity index (χ0) is 13.1. The molecule has 1 saturated carbocycles. The molecule has 0 aromatic heterocycles. The van der Waals surface area contributed by atoms with Crippen LogP contribution in [0.15, 0.2) is 36.1 Å². The molecule has 0 amide bonds. The molecule has 0 spiro atoms. The highest BCUT2D eigenvalue weighted by molar-refractivity contribution is 5.31. The summed E-state index contributed by atoms with van der Waals surface area (Å²) in [4.78, 5) is 0. The van der Waals surface area contributed by atoms with E-state index in [-0.39, 0.29) is 0 Å². The van der Waals surface area contributed by atoms with Gasteiger partial charge in [0.1, 0.15) is 5.76 Å². The van der Waals surface area contributed by atoms with E-state index >= 15 is 0 Å². The molecule has 0 radical (unpaired) electrons. The van der Waals surface area contributed by atoms with Crippen LogP contribution in [0, 0.1) is 5.92 Å². The Hall–Kier alpha value is -0.980. The standard InChI is InChI=1S/C9H12O.C5H10.C2H6/c1-3-5-8-6-7-10-9(8)4-2;1-2-5-3-4-5;1-2/h3-5H,1,6-7H2,2H3;5H,2-4H2,1H3;1-2H3/b8-5-,9-4+;;. The van der Waals surface area contributed by atoms with Crippen molar-refractivity contribution >= 4 is 0 Å². The average molecular weight is 236 g/mol. The van der Waals surface area contributed by atoms with Gasteiger partial charge in [0.2, 0.25) is 0 Å². The first-order valence-electron chi connectivity index (χ1n) is 6.92. The molecule has 0 unspecified atom stereocenters. The van der Waals surface area contributed by atoms with Crippen molar-refractivity contribution in [2.24, 2.45) is 5.92 Å². The Bertz CT molecular complexity index is 257. The van der Waals surface area contributed by atoms with Crippen molar-refractivity contribution in [3.63, 3.8) is 0 Å². The van der Waals surface area contributed by atoms with Crippen LogP contribution < -0.4 is 0 Å². The smallest absolute Gasteiger partial charge is 0.118 e. The molecule has 2 aliphatic rings. The summed E-state index contributed by atoms with van der Waals surface area (Å²) < 4.78 is 5.31. The number of hydrogen-bond acceptors (Lipinski definition) is 1. The van der Waals surface area contributed by atoms with Crippen molar-refractivity contribution in [3.05, 3.63) is 36.1 Å². The van der Waals surface area contributed by atoms with Crippen molar-refractivity contribution in [2.45, 2.75) is 53.4 Å². The minimum atomic E-state index is 0.819. The summed E-state index contributed by atoms with van der Waals surface area (Å²) in [7, 11) is 0. The van der Waals surface area contributed by atoms with Crippen LogP contribution in [0.3, 0.4) is 0 Å². The third-order valence-corrected chi connectivity index (χ3v) is 2.80. The molecule has 1 heterocycles. The molecule has 0 atom stereocenters. The lowest BCUT2D eigenvalue weighted by atomic mass is 10.2. The molecule has 2 fully saturated rings. The molecule has 0 aromatic carbocycles. The molecule has 17 heavy (non-hydrogen) atoms. The fourth-order valence-electron chi connectivity index (χ4n) is 1.59. The van der Waals surface area contributed by atoms with Crippen molar-refractivity contribution in [3.8, 4) is 0 Å². The first-order chi connectivity index (χ1) is 8.31. The first-order valence-corrected chi connectivity index (χ1v) is 6.92. The van der Waals surface area contributed by atoms with Crippen LogP contribution in [0.2, 0.25) is 0 Å². The summed E-state index contributed by atoms with van der Waals surface area (Å²) in [5, 5.41) is 0. The van der Waals surface area contributed by atoms with Crippen molar-refractivity contribution in [1.29, 1.82) is 0 Å². The van der Waals surface area contributed by atoms with E-state index in [0.29, 0.717) is 0 Å². The Kier molecular flexibility index (Phi) is 9.60. The van der Waals surface area contributed by atoms with E-state index < -0.39 is 0 Å². The van der Waals surface area contributed by atoms with Crippen LogP contribution in [0.4, 0.5) is 0 Å². The highest BCUT2D eigenvalue weighted by Crippen LogP contribution is 2.31. The SMILES string of the molecule is C=C/C=C1/CCO/C1=C/C.CC.CCC1CC1. The molecule has 1 aliphatic carbocycles. The molecule has 0 N–H and O–H groups in total. The van der Waals surface area contributed by atoms with Crippen LogP contribution >= 0.6 is 0 Å². The van der Waals surface area contributed by atoms with Gasteiger partial charge >= 0.3 is 0 Å². The number of ether oxygens (including phenoxy) is 1. The van der Waals surface area contributed by atoms with E-state index in [2.05, 4.69) is 13.5 Å². The normalized spacial score (nSPS) is 22.1. The third-order valence-electron chi connectivity index (χ3n) is 2.80. The van der Waals surface area contributed by atoms with E-state index in [4.69, 9.17) is 4.74 Å². The Morgan fingerprint density at radius 1 is 1.35 bits per heavy atom. The highest BCUT2D eigenvalue weighted by Gasteiger charge is 2.17. The summed E-state index contributed by atoms with van der Waals surface area (Å²) in [5.41, 5.74) is 1.26. The Balaban J connectivity index is 0.000000306. The van der Waals surface area contributed by atoms with E-state index in [0.717, 1.165) is 24.7 Å². The Morgan fingerprint density at radius 2 is 2.00 bits per heavy atom. The van der Waals surface area contributed by atoms with Crippen LogP contribution in [0.1, 0.15) is 53.4 Å². The molecule has 1 heteroatoms. The topological polar surface area (TPSA) is 9.23 Å². The van der Waals surface area contributed by atoms with Crippen molar-refractivity contribution < 1.29 is 4.74 Å². The van der Waals surface area contributed by atoms with Gasteiger partial charge in [0.15, 0.2) is 0 Å². The zero-order valence-corrected chi connectivity index (χ0v) is 12.0.